The maximum absolute atomic E-state index is 12.7. The molecule has 0 aromatic heterocycles. The van der Waals surface area contributed by atoms with Gasteiger partial charge in [0.2, 0.25) is 0 Å². The first kappa shape index (κ1) is 19.1. The van der Waals surface area contributed by atoms with Gasteiger partial charge in [-0.05, 0) is 79.6 Å². The smallest absolute Gasteiger partial charge is 0.187 e. The van der Waals surface area contributed by atoms with Crippen LogP contribution in [0.5, 0.6) is 0 Å². The average molecular weight is 347 g/mol. The van der Waals surface area contributed by atoms with Gasteiger partial charge in [0.05, 0.1) is 0 Å². The summed E-state index contributed by atoms with van der Waals surface area (Å²) in [5.41, 5.74) is -1.17. The minimum Gasteiger partial charge on any atom is -0.381 e. The number of carbonyl (C=O) groups excluding carboxylic acids is 1. The molecule has 0 radical (unpaired) electrons. The molecular formula is C23H38O2. The molecule has 2 bridgehead atoms. The van der Waals surface area contributed by atoms with E-state index in [4.69, 9.17) is 0 Å². The van der Waals surface area contributed by atoms with E-state index in [9.17, 15) is 9.90 Å². The summed E-state index contributed by atoms with van der Waals surface area (Å²) >= 11 is 0. The predicted octanol–water partition coefficient (Wildman–Crippen LogP) is 5.40. The zero-order valence-electron chi connectivity index (χ0n) is 17.0. The molecule has 25 heavy (non-hydrogen) atoms. The van der Waals surface area contributed by atoms with Gasteiger partial charge in [0.1, 0.15) is 5.60 Å². The summed E-state index contributed by atoms with van der Waals surface area (Å²) in [7, 11) is 0. The first-order chi connectivity index (χ1) is 11.6. The van der Waals surface area contributed by atoms with Crippen molar-refractivity contribution in [2.45, 2.75) is 85.2 Å². The van der Waals surface area contributed by atoms with Gasteiger partial charge in [-0.2, -0.15) is 0 Å². The van der Waals surface area contributed by atoms with Gasteiger partial charge in [0, 0.05) is 5.41 Å². The second kappa shape index (κ2) is 6.22. The molecule has 0 aromatic rings. The lowest BCUT2D eigenvalue weighted by atomic mass is 9.45. The van der Waals surface area contributed by atoms with Gasteiger partial charge in [0.25, 0.3) is 0 Å². The minimum absolute atomic E-state index is 0.148. The molecule has 2 nitrogen and oxygen atoms in total. The van der Waals surface area contributed by atoms with Crippen molar-refractivity contribution < 1.29 is 9.90 Å². The highest BCUT2D eigenvalue weighted by atomic mass is 16.3. The molecule has 1 unspecified atom stereocenters. The molecule has 0 spiro atoms. The third-order valence-corrected chi connectivity index (χ3v) is 9.18. The maximum Gasteiger partial charge on any atom is 0.187 e. The molecule has 2 heteroatoms. The molecule has 1 N–H and O–H groups in total. The third-order valence-electron chi connectivity index (χ3n) is 9.18. The molecule has 3 fully saturated rings. The van der Waals surface area contributed by atoms with Gasteiger partial charge in [-0.3, -0.25) is 4.79 Å². The summed E-state index contributed by atoms with van der Waals surface area (Å²) in [5, 5.41) is 11.6. The lowest BCUT2D eigenvalue weighted by Crippen LogP contribution is -2.62. The Labute approximate surface area is 154 Å². The number of ketones is 1. The molecule has 3 saturated carbocycles. The van der Waals surface area contributed by atoms with Gasteiger partial charge in [-0.25, -0.2) is 0 Å². The Bertz CT molecular complexity index is 550. The van der Waals surface area contributed by atoms with Crippen molar-refractivity contribution in [1.29, 1.82) is 0 Å². The molecule has 0 heterocycles. The summed E-state index contributed by atoms with van der Waals surface area (Å²) < 4.78 is 0. The fraction of sp³-hybridized carbons (Fsp3) is 0.870. The first-order valence-corrected chi connectivity index (χ1v) is 10.5. The van der Waals surface area contributed by atoms with Gasteiger partial charge in [0.15, 0.2) is 5.78 Å². The molecule has 0 saturated heterocycles. The van der Waals surface area contributed by atoms with Crippen LogP contribution >= 0.6 is 0 Å². The molecule has 142 valence electrons. The molecule has 7 atom stereocenters. The first-order valence-electron chi connectivity index (χ1n) is 10.5. The van der Waals surface area contributed by atoms with E-state index in [0.29, 0.717) is 35.5 Å². The molecule has 0 aromatic carbocycles. The van der Waals surface area contributed by atoms with Crippen LogP contribution in [0.15, 0.2) is 12.7 Å². The second-order valence-corrected chi connectivity index (χ2v) is 10.4. The van der Waals surface area contributed by atoms with Crippen molar-refractivity contribution in [3.63, 3.8) is 0 Å². The molecule has 3 rings (SSSR count). The van der Waals surface area contributed by atoms with E-state index < -0.39 is 5.60 Å². The van der Waals surface area contributed by atoms with E-state index in [0.717, 1.165) is 25.2 Å². The van der Waals surface area contributed by atoms with E-state index >= 15 is 0 Å². The molecule has 0 aliphatic heterocycles. The zero-order chi connectivity index (χ0) is 18.6. The number of hydrogen-bond donors (Lipinski definition) is 1. The Morgan fingerprint density at radius 2 is 1.64 bits per heavy atom. The van der Waals surface area contributed by atoms with Crippen LogP contribution in [0.3, 0.4) is 0 Å². The Balaban J connectivity index is 2.04. The molecule has 3 aliphatic carbocycles. The molecular weight excluding hydrogens is 308 g/mol. The lowest BCUT2D eigenvalue weighted by molar-refractivity contribution is -0.186. The average Bonchev–Trinajstić information content (AvgIpc) is 2.55. The van der Waals surface area contributed by atoms with Crippen LogP contribution in [0.4, 0.5) is 0 Å². The van der Waals surface area contributed by atoms with Gasteiger partial charge >= 0.3 is 0 Å². The van der Waals surface area contributed by atoms with Crippen molar-refractivity contribution in [3.8, 4) is 0 Å². The summed E-state index contributed by atoms with van der Waals surface area (Å²) in [4.78, 5) is 12.7. The van der Waals surface area contributed by atoms with E-state index in [1.54, 1.807) is 0 Å². The van der Waals surface area contributed by atoms with Crippen LogP contribution in [-0.2, 0) is 4.79 Å². The van der Waals surface area contributed by atoms with Crippen LogP contribution < -0.4 is 0 Å². The highest BCUT2D eigenvalue weighted by molar-refractivity contribution is 5.97. The fourth-order valence-corrected chi connectivity index (χ4v) is 7.23. The number of aliphatic hydroxyl groups is 1. The second-order valence-electron chi connectivity index (χ2n) is 10.4. The number of carbonyl (C=O) groups is 1. The van der Waals surface area contributed by atoms with Crippen molar-refractivity contribution in [1.82, 2.24) is 0 Å². The quantitative estimate of drug-likeness (QED) is 0.680. The Hall–Kier alpha value is -0.630. The van der Waals surface area contributed by atoms with Crippen molar-refractivity contribution in [2.24, 2.45) is 40.4 Å². The van der Waals surface area contributed by atoms with E-state index in [1.165, 1.54) is 25.3 Å². The lowest BCUT2D eigenvalue weighted by Gasteiger charge is -2.60. The standard InChI is InChI=1S/C23H38O2/c1-7-20(24)23(25)13-10-16(3)19-14-17-9-8-15(2)18(21(17,4)5)11-12-22(19,23)6/h7,15-19,25H,1,8-14H2,2-6H3/t15-,16-,17+,18+,19-,22+,23?/m1/s1. The zero-order valence-corrected chi connectivity index (χ0v) is 17.0. The predicted molar refractivity (Wildman–Crippen MR) is 103 cm³/mol. The van der Waals surface area contributed by atoms with Crippen LogP contribution in [0, 0.1) is 40.4 Å². The van der Waals surface area contributed by atoms with Crippen LogP contribution in [0.2, 0.25) is 0 Å². The van der Waals surface area contributed by atoms with Crippen LogP contribution in [0.25, 0.3) is 0 Å². The summed E-state index contributed by atoms with van der Waals surface area (Å²) in [5.74, 6) is 3.01. The number of rotatable bonds is 2. The van der Waals surface area contributed by atoms with E-state index in [1.807, 2.05) is 0 Å². The van der Waals surface area contributed by atoms with Crippen LogP contribution in [0.1, 0.15) is 79.6 Å². The van der Waals surface area contributed by atoms with E-state index in [2.05, 4.69) is 41.2 Å². The van der Waals surface area contributed by atoms with Crippen molar-refractivity contribution >= 4 is 5.78 Å². The van der Waals surface area contributed by atoms with Crippen molar-refractivity contribution in [2.75, 3.05) is 0 Å². The largest absolute Gasteiger partial charge is 0.381 e. The third kappa shape index (κ3) is 2.66. The summed E-state index contributed by atoms with van der Waals surface area (Å²) in [6, 6.07) is 0. The Morgan fingerprint density at radius 3 is 2.28 bits per heavy atom. The Morgan fingerprint density at radius 1 is 1.00 bits per heavy atom. The highest BCUT2D eigenvalue weighted by Gasteiger charge is 2.61. The number of fused-ring (bicyclic) bond motifs is 3. The maximum atomic E-state index is 12.7. The van der Waals surface area contributed by atoms with Gasteiger partial charge < -0.3 is 5.11 Å². The molecule has 3 aliphatic rings. The molecule has 0 amide bonds. The SMILES string of the molecule is C=CC(=O)C1(O)CC[C@@H](C)[C@H]2C[C@@H]3CC[C@@H](C)[C@H](CC[C@@]21C)C3(C)C. The number of hydrogen-bond acceptors (Lipinski definition) is 2. The van der Waals surface area contributed by atoms with Crippen molar-refractivity contribution in [3.05, 3.63) is 12.7 Å². The fourth-order valence-electron chi connectivity index (χ4n) is 7.23. The van der Waals surface area contributed by atoms with E-state index in [-0.39, 0.29) is 11.2 Å². The monoisotopic (exact) mass is 346 g/mol. The Kier molecular flexibility index (Phi) is 4.76. The minimum atomic E-state index is -1.22. The topological polar surface area (TPSA) is 37.3 Å². The van der Waals surface area contributed by atoms with Crippen LogP contribution in [-0.4, -0.2) is 16.5 Å². The van der Waals surface area contributed by atoms with Gasteiger partial charge in [-0.15, -0.1) is 0 Å². The normalized spacial score (nSPS) is 49.4. The van der Waals surface area contributed by atoms with Gasteiger partial charge in [-0.1, -0.05) is 47.6 Å². The summed E-state index contributed by atoms with van der Waals surface area (Å²) in [6.07, 6.45) is 8.82. The highest BCUT2D eigenvalue weighted by Crippen LogP contribution is 2.62. The summed E-state index contributed by atoms with van der Waals surface area (Å²) in [6.45, 7) is 15.6.